The van der Waals surface area contributed by atoms with Crippen molar-refractivity contribution in [3.05, 3.63) is 33.9 Å². The van der Waals surface area contributed by atoms with Crippen LogP contribution in [0.1, 0.15) is 17.3 Å². The Kier molecular flexibility index (Phi) is 5.66. The van der Waals surface area contributed by atoms with Crippen molar-refractivity contribution < 1.29 is 9.72 Å². The van der Waals surface area contributed by atoms with Gasteiger partial charge in [-0.25, -0.2) is 0 Å². The van der Waals surface area contributed by atoms with Crippen molar-refractivity contribution >= 4 is 17.3 Å². The maximum absolute atomic E-state index is 12.3. The second-order valence-corrected chi connectivity index (χ2v) is 4.00. The molecule has 0 spiro atoms. The van der Waals surface area contributed by atoms with Crippen LogP contribution in [-0.2, 0) is 0 Å². The van der Waals surface area contributed by atoms with Gasteiger partial charge in [0.15, 0.2) is 0 Å². The predicted octanol–water partition coefficient (Wildman–Crippen LogP) is 1.52. The number of amides is 1. The van der Waals surface area contributed by atoms with Crippen LogP contribution < -0.4 is 5.32 Å². The zero-order valence-electron chi connectivity index (χ0n) is 11.4. The first kappa shape index (κ1) is 15.9. The molecule has 0 unspecified atom stereocenters. The molecular weight excluding hydrogens is 274 g/mol. The molecule has 0 radical (unpaired) electrons. The number of rotatable bonds is 6. The Morgan fingerprint density at radius 2 is 2.00 bits per heavy atom. The van der Waals surface area contributed by atoms with Crippen LogP contribution in [0.15, 0.2) is 18.2 Å². The van der Waals surface area contributed by atoms with E-state index in [1.807, 2.05) is 6.92 Å². The minimum Gasteiger partial charge on any atom is -0.385 e. The van der Waals surface area contributed by atoms with Gasteiger partial charge in [0.25, 0.3) is 11.6 Å². The Balaban J connectivity index is 3.27. The summed E-state index contributed by atoms with van der Waals surface area (Å²) >= 11 is 0. The molecule has 1 rings (SSSR count). The van der Waals surface area contributed by atoms with Gasteiger partial charge in [0.2, 0.25) is 0 Å². The summed E-state index contributed by atoms with van der Waals surface area (Å²) in [5.41, 5.74) is 0.0480. The largest absolute Gasteiger partial charge is 0.385 e. The zero-order valence-corrected chi connectivity index (χ0v) is 11.4. The van der Waals surface area contributed by atoms with E-state index in [9.17, 15) is 14.9 Å². The molecule has 0 bridgehead atoms. The Hall–Kier alpha value is -3.13. The lowest BCUT2D eigenvalue weighted by Crippen LogP contribution is -2.32. The summed E-state index contributed by atoms with van der Waals surface area (Å²) < 4.78 is 0. The van der Waals surface area contributed by atoms with Crippen LogP contribution >= 0.6 is 0 Å². The van der Waals surface area contributed by atoms with E-state index >= 15 is 0 Å². The number of carbonyl (C=O) groups excluding carboxylic acids is 1. The highest BCUT2D eigenvalue weighted by Gasteiger charge is 2.25. The van der Waals surface area contributed by atoms with E-state index in [4.69, 9.17) is 10.5 Å². The Morgan fingerprint density at radius 1 is 1.38 bits per heavy atom. The van der Waals surface area contributed by atoms with E-state index in [-0.39, 0.29) is 24.3 Å². The summed E-state index contributed by atoms with van der Waals surface area (Å²) in [5, 5.41) is 31.3. The van der Waals surface area contributed by atoms with Crippen molar-refractivity contribution in [3.8, 4) is 12.1 Å². The molecule has 1 aromatic carbocycles. The van der Waals surface area contributed by atoms with Gasteiger partial charge in [0, 0.05) is 18.3 Å². The molecule has 0 aromatic heterocycles. The molecule has 0 aliphatic heterocycles. The highest BCUT2D eigenvalue weighted by Crippen LogP contribution is 2.24. The number of carbonyl (C=O) groups is 1. The van der Waals surface area contributed by atoms with E-state index < -0.39 is 10.8 Å². The minimum atomic E-state index is -0.718. The van der Waals surface area contributed by atoms with Crippen molar-refractivity contribution in [1.29, 1.82) is 10.5 Å². The molecule has 1 N–H and O–H groups in total. The highest BCUT2D eigenvalue weighted by molar-refractivity contribution is 5.99. The Labute approximate surface area is 121 Å². The summed E-state index contributed by atoms with van der Waals surface area (Å²) in [4.78, 5) is 23.6. The van der Waals surface area contributed by atoms with Gasteiger partial charge < -0.3 is 10.2 Å². The van der Waals surface area contributed by atoms with E-state index in [1.54, 1.807) is 12.1 Å². The van der Waals surface area contributed by atoms with Crippen molar-refractivity contribution in [2.75, 3.05) is 25.0 Å². The number of benzene rings is 1. The fraction of sp³-hybridized carbons (Fsp3) is 0.308. The fourth-order valence-electron chi connectivity index (χ4n) is 1.72. The topological polar surface area (TPSA) is 123 Å². The normalized spacial score (nSPS) is 9.29. The third-order valence-electron chi connectivity index (χ3n) is 2.61. The van der Waals surface area contributed by atoms with Crippen LogP contribution in [0, 0.1) is 32.8 Å². The molecular formula is C13H13N5O3. The first-order valence-electron chi connectivity index (χ1n) is 6.10. The number of nitro benzene ring substituents is 1. The van der Waals surface area contributed by atoms with E-state index in [0.29, 0.717) is 12.2 Å². The quantitative estimate of drug-likeness (QED) is 0.480. The predicted molar refractivity (Wildman–Crippen MR) is 74.4 cm³/mol. The summed E-state index contributed by atoms with van der Waals surface area (Å²) in [6.07, 6.45) is 0. The average Bonchev–Trinajstić information content (AvgIpc) is 2.46. The SMILES string of the molecule is CCNc1ccc([N+](=O)[O-])c(C(=O)N(CC#N)CC#N)c1. The third kappa shape index (κ3) is 3.91. The minimum absolute atomic E-state index is 0.149. The van der Waals surface area contributed by atoms with Gasteiger partial charge in [-0.2, -0.15) is 10.5 Å². The first-order valence-corrected chi connectivity index (χ1v) is 6.10. The number of hydrogen-bond acceptors (Lipinski definition) is 6. The Bertz CT molecular complexity index is 614. The van der Waals surface area contributed by atoms with Gasteiger partial charge in [-0.3, -0.25) is 14.9 Å². The molecule has 0 saturated carbocycles. The smallest absolute Gasteiger partial charge is 0.282 e. The summed E-state index contributed by atoms with van der Waals surface area (Å²) in [6.45, 7) is 1.82. The monoisotopic (exact) mass is 287 g/mol. The summed E-state index contributed by atoms with van der Waals surface area (Å²) in [5.74, 6) is -0.718. The molecule has 1 amide bonds. The van der Waals surface area contributed by atoms with E-state index in [1.165, 1.54) is 18.2 Å². The maximum atomic E-state index is 12.3. The molecule has 0 atom stereocenters. The first-order chi connectivity index (χ1) is 10.0. The van der Waals surface area contributed by atoms with Gasteiger partial charge in [0.05, 0.1) is 17.1 Å². The zero-order chi connectivity index (χ0) is 15.8. The van der Waals surface area contributed by atoms with Crippen LogP contribution in [0.4, 0.5) is 11.4 Å². The summed E-state index contributed by atoms with van der Waals surface area (Å²) in [7, 11) is 0. The number of nitriles is 2. The van der Waals surface area contributed by atoms with E-state index in [2.05, 4.69) is 5.32 Å². The second kappa shape index (κ2) is 7.46. The molecule has 8 heteroatoms. The van der Waals surface area contributed by atoms with E-state index in [0.717, 1.165) is 4.90 Å². The molecule has 0 aliphatic carbocycles. The van der Waals surface area contributed by atoms with Crippen LogP contribution in [0.25, 0.3) is 0 Å². The number of anilines is 1. The number of hydrogen-bond donors (Lipinski definition) is 1. The lowest BCUT2D eigenvalue weighted by atomic mass is 10.1. The molecule has 1 aromatic rings. The maximum Gasteiger partial charge on any atom is 0.282 e. The number of nitro groups is 1. The fourth-order valence-corrected chi connectivity index (χ4v) is 1.72. The molecule has 21 heavy (non-hydrogen) atoms. The molecule has 0 saturated heterocycles. The third-order valence-corrected chi connectivity index (χ3v) is 2.61. The average molecular weight is 287 g/mol. The van der Waals surface area contributed by atoms with Gasteiger partial charge in [-0.15, -0.1) is 0 Å². The van der Waals surface area contributed by atoms with Crippen LogP contribution in [0.5, 0.6) is 0 Å². The highest BCUT2D eigenvalue weighted by atomic mass is 16.6. The van der Waals surface area contributed by atoms with Crippen molar-refractivity contribution in [2.24, 2.45) is 0 Å². The molecule has 0 fully saturated rings. The molecule has 0 heterocycles. The molecule has 0 aliphatic rings. The molecule has 108 valence electrons. The Morgan fingerprint density at radius 3 is 2.48 bits per heavy atom. The van der Waals surface area contributed by atoms with Crippen LogP contribution in [0.3, 0.4) is 0 Å². The standard InChI is InChI=1S/C13H13N5O3/c1-2-16-10-3-4-12(18(20)21)11(9-10)13(19)17(7-5-14)8-6-15/h3-4,9,16H,2,7-8H2,1H3. The molecule has 8 nitrogen and oxygen atoms in total. The summed E-state index contributed by atoms with van der Waals surface area (Å²) in [6, 6.07) is 7.60. The van der Waals surface area contributed by atoms with Crippen molar-refractivity contribution in [2.45, 2.75) is 6.92 Å². The van der Waals surface area contributed by atoms with Crippen molar-refractivity contribution in [3.63, 3.8) is 0 Å². The van der Waals surface area contributed by atoms with Gasteiger partial charge in [-0.1, -0.05) is 0 Å². The van der Waals surface area contributed by atoms with Crippen LogP contribution in [0.2, 0.25) is 0 Å². The number of nitrogens with zero attached hydrogens (tertiary/aromatic N) is 4. The lowest BCUT2D eigenvalue weighted by Gasteiger charge is -2.16. The number of nitrogens with one attached hydrogen (secondary N) is 1. The van der Waals surface area contributed by atoms with Crippen molar-refractivity contribution in [1.82, 2.24) is 4.90 Å². The van der Waals surface area contributed by atoms with Gasteiger partial charge >= 0.3 is 0 Å². The second-order valence-electron chi connectivity index (χ2n) is 4.00. The lowest BCUT2D eigenvalue weighted by molar-refractivity contribution is -0.385. The van der Waals surface area contributed by atoms with Crippen LogP contribution in [-0.4, -0.2) is 35.4 Å². The van der Waals surface area contributed by atoms with Gasteiger partial charge in [0.1, 0.15) is 18.7 Å². The van der Waals surface area contributed by atoms with Gasteiger partial charge in [-0.05, 0) is 19.1 Å².